The number of hydrogen-bond donors (Lipinski definition) is 2. The lowest BCUT2D eigenvalue weighted by atomic mass is 9.81. The maximum atomic E-state index is 13.4. The largest absolute Gasteiger partial charge is 0.508 e. The van der Waals surface area contributed by atoms with Crippen LogP contribution in [0.3, 0.4) is 0 Å². The van der Waals surface area contributed by atoms with Crippen molar-refractivity contribution in [2.45, 2.75) is 51.9 Å². The van der Waals surface area contributed by atoms with Crippen molar-refractivity contribution in [2.75, 3.05) is 32.1 Å². The molecular formula is C54H56N3O3+. The third-order valence-electron chi connectivity index (χ3n) is 11.9. The van der Waals surface area contributed by atoms with Gasteiger partial charge in [-0.05, 0) is 102 Å². The smallest absolute Gasteiger partial charge is 0.251 e. The summed E-state index contributed by atoms with van der Waals surface area (Å²) in [5.41, 5.74) is 13.2. The first-order chi connectivity index (χ1) is 28.9. The Labute approximate surface area is 355 Å². The number of carbonyl (C=O) groups excluding carboxylic acids is 1. The van der Waals surface area contributed by atoms with E-state index in [1.807, 2.05) is 48.5 Å². The van der Waals surface area contributed by atoms with E-state index in [0.29, 0.717) is 18.7 Å². The molecule has 0 aromatic heterocycles. The quantitative estimate of drug-likeness (QED) is 0.0539. The first kappa shape index (κ1) is 41.5. The van der Waals surface area contributed by atoms with Gasteiger partial charge in [0.2, 0.25) is 5.69 Å². The van der Waals surface area contributed by atoms with Crippen molar-refractivity contribution in [1.82, 2.24) is 5.32 Å². The number of allylic oxidation sites excluding steroid dienone is 9. The van der Waals surface area contributed by atoms with Crippen LogP contribution in [0.1, 0.15) is 79.2 Å². The number of anilines is 1. The molecule has 0 radical (unpaired) electrons. The van der Waals surface area contributed by atoms with Crippen LogP contribution in [0.4, 0.5) is 11.4 Å². The fourth-order valence-corrected chi connectivity index (χ4v) is 8.73. The standard InChI is InChI=1S/C54H55N3O3/c1-8-44(38-19-13-12-14-20-38)51(39-25-30-42(58)31-26-39)40-27-32-43(33-28-40)60-36-35-55-52(59)41-29-34-48-46(37-41)54(4,5)50(57(48)7)24-16-11-9-10-15-23-49-53(2,3)45-21-17-18-22-47(45)56(49)6/h9-34,37H,8,35-36H2,1-7H3,(H-,55,58,59)/p+1/b51-44+. The number of benzene rings is 5. The molecule has 0 saturated heterocycles. The Balaban J connectivity index is 0.950. The summed E-state index contributed by atoms with van der Waals surface area (Å²) in [6.45, 7) is 11.8. The highest BCUT2D eigenvalue weighted by atomic mass is 16.5. The van der Waals surface area contributed by atoms with E-state index in [0.717, 1.165) is 45.8 Å². The Morgan fingerprint density at radius 2 is 1.37 bits per heavy atom. The van der Waals surface area contributed by atoms with E-state index >= 15 is 0 Å². The molecule has 2 aliphatic heterocycles. The lowest BCUT2D eigenvalue weighted by molar-refractivity contribution is -0.401. The van der Waals surface area contributed by atoms with Crippen LogP contribution in [0.25, 0.3) is 11.1 Å². The minimum atomic E-state index is -0.287. The minimum absolute atomic E-state index is 0.0456. The van der Waals surface area contributed by atoms with Crippen molar-refractivity contribution < 1.29 is 19.2 Å². The molecule has 2 N–H and O–H groups in total. The van der Waals surface area contributed by atoms with Crippen LogP contribution in [0.2, 0.25) is 0 Å². The fraction of sp³-hybridized carbons (Fsp3) is 0.222. The molecule has 0 atom stereocenters. The van der Waals surface area contributed by atoms with Gasteiger partial charge in [0, 0.05) is 47.1 Å². The van der Waals surface area contributed by atoms with Gasteiger partial charge in [0.05, 0.1) is 12.0 Å². The third kappa shape index (κ3) is 8.42. The molecule has 0 saturated carbocycles. The Bertz CT molecular complexity index is 2550. The highest BCUT2D eigenvalue weighted by Gasteiger charge is 2.42. The van der Waals surface area contributed by atoms with Gasteiger partial charge in [-0.3, -0.25) is 4.79 Å². The van der Waals surface area contributed by atoms with E-state index in [2.05, 4.69) is 167 Å². The summed E-state index contributed by atoms with van der Waals surface area (Å²) in [6.07, 6.45) is 15.6. The van der Waals surface area contributed by atoms with Gasteiger partial charge in [-0.2, -0.15) is 4.58 Å². The van der Waals surface area contributed by atoms with Crippen LogP contribution in [0, 0.1) is 0 Å². The van der Waals surface area contributed by atoms with Gasteiger partial charge in [0.1, 0.15) is 25.2 Å². The topological polar surface area (TPSA) is 64.8 Å². The summed E-state index contributed by atoms with van der Waals surface area (Å²) in [5.74, 6) is 0.836. The third-order valence-corrected chi connectivity index (χ3v) is 11.9. The zero-order chi connectivity index (χ0) is 42.4. The molecule has 304 valence electrons. The number of nitrogens with one attached hydrogen (secondary N) is 1. The van der Waals surface area contributed by atoms with Crippen molar-refractivity contribution in [2.24, 2.45) is 0 Å². The number of carbonyl (C=O) groups is 1. The van der Waals surface area contributed by atoms with E-state index in [-0.39, 0.29) is 22.5 Å². The number of phenols is 1. The number of rotatable bonds is 13. The van der Waals surface area contributed by atoms with Crippen LogP contribution in [0.15, 0.2) is 170 Å². The maximum absolute atomic E-state index is 13.4. The van der Waals surface area contributed by atoms with E-state index in [9.17, 15) is 9.90 Å². The number of likely N-dealkylation sites (N-methyl/N-ethyl adjacent to an activating group) is 1. The number of ether oxygens (including phenoxy) is 1. The molecule has 6 nitrogen and oxygen atoms in total. The molecule has 0 spiro atoms. The number of phenolic OH excluding ortho intramolecular Hbond substituents is 1. The SMILES string of the molecule is CC/C(=C(/c1ccc(O)cc1)c1ccc(OCCNC(=O)c2ccc3c(c2)C(C)(C)C(=CC=CC=CC=CC2=[N+](C)c4ccccc4C2(C)C)N3C)cc1)c1ccccc1. The molecular weight excluding hydrogens is 739 g/mol. The highest BCUT2D eigenvalue weighted by molar-refractivity contribution is 6.03. The van der Waals surface area contributed by atoms with Crippen molar-refractivity contribution in [3.8, 4) is 11.5 Å². The van der Waals surface area contributed by atoms with E-state index in [1.165, 1.54) is 28.1 Å². The van der Waals surface area contributed by atoms with Gasteiger partial charge in [0.15, 0.2) is 5.71 Å². The van der Waals surface area contributed by atoms with Crippen LogP contribution in [0.5, 0.6) is 11.5 Å². The average molecular weight is 795 g/mol. The van der Waals surface area contributed by atoms with E-state index in [4.69, 9.17) is 4.74 Å². The number of para-hydroxylation sites is 1. The number of fused-ring (bicyclic) bond motifs is 2. The Kier molecular flexibility index (Phi) is 12.2. The van der Waals surface area contributed by atoms with E-state index in [1.54, 1.807) is 12.1 Å². The first-order valence-corrected chi connectivity index (χ1v) is 20.8. The van der Waals surface area contributed by atoms with Gasteiger partial charge in [0.25, 0.3) is 5.91 Å². The maximum Gasteiger partial charge on any atom is 0.251 e. The molecule has 5 aromatic carbocycles. The molecule has 0 aliphatic carbocycles. The summed E-state index contributed by atoms with van der Waals surface area (Å²) in [4.78, 5) is 15.6. The van der Waals surface area contributed by atoms with Gasteiger partial charge in [-0.15, -0.1) is 0 Å². The van der Waals surface area contributed by atoms with Gasteiger partial charge in [-0.1, -0.05) is 124 Å². The second-order valence-electron chi connectivity index (χ2n) is 16.4. The lowest BCUT2D eigenvalue weighted by Crippen LogP contribution is -2.28. The summed E-state index contributed by atoms with van der Waals surface area (Å²) < 4.78 is 8.36. The summed E-state index contributed by atoms with van der Waals surface area (Å²) in [7, 11) is 4.22. The second kappa shape index (κ2) is 17.7. The molecule has 5 aromatic rings. The Morgan fingerprint density at radius 3 is 2.07 bits per heavy atom. The number of hydrogen-bond acceptors (Lipinski definition) is 4. The van der Waals surface area contributed by atoms with Crippen molar-refractivity contribution in [1.29, 1.82) is 0 Å². The predicted molar refractivity (Wildman–Crippen MR) is 249 cm³/mol. The molecule has 7 rings (SSSR count). The normalized spacial score (nSPS) is 16.5. The zero-order valence-electron chi connectivity index (χ0n) is 35.9. The average Bonchev–Trinajstić information content (AvgIpc) is 3.57. The Morgan fingerprint density at radius 1 is 0.733 bits per heavy atom. The highest BCUT2D eigenvalue weighted by Crippen LogP contribution is 2.47. The molecule has 0 fully saturated rings. The monoisotopic (exact) mass is 794 g/mol. The predicted octanol–water partition coefficient (Wildman–Crippen LogP) is 11.6. The van der Waals surface area contributed by atoms with E-state index < -0.39 is 0 Å². The minimum Gasteiger partial charge on any atom is -0.508 e. The van der Waals surface area contributed by atoms with Crippen LogP contribution >= 0.6 is 0 Å². The molecule has 60 heavy (non-hydrogen) atoms. The number of nitrogens with zero attached hydrogens (tertiary/aromatic N) is 2. The van der Waals surface area contributed by atoms with Gasteiger partial charge >= 0.3 is 0 Å². The Hall–Kier alpha value is -6.66. The molecule has 2 heterocycles. The molecule has 0 bridgehead atoms. The van der Waals surface area contributed by atoms with Crippen LogP contribution in [-0.2, 0) is 10.8 Å². The van der Waals surface area contributed by atoms with Crippen molar-refractivity contribution in [3.63, 3.8) is 0 Å². The number of aromatic hydroxyl groups is 1. The number of amides is 1. The first-order valence-electron chi connectivity index (χ1n) is 20.8. The summed E-state index contributed by atoms with van der Waals surface area (Å²) in [5, 5.41) is 13.0. The molecule has 2 aliphatic rings. The second-order valence-corrected chi connectivity index (χ2v) is 16.4. The van der Waals surface area contributed by atoms with Crippen LogP contribution < -0.4 is 15.0 Å². The molecule has 1 amide bonds. The van der Waals surface area contributed by atoms with Crippen molar-refractivity contribution in [3.05, 3.63) is 203 Å². The zero-order valence-corrected chi connectivity index (χ0v) is 35.9. The van der Waals surface area contributed by atoms with Crippen molar-refractivity contribution >= 4 is 34.1 Å². The summed E-state index contributed by atoms with van der Waals surface area (Å²) in [6, 6.07) is 40.4. The summed E-state index contributed by atoms with van der Waals surface area (Å²) >= 11 is 0. The molecule has 6 heteroatoms. The van der Waals surface area contributed by atoms with Gasteiger partial charge < -0.3 is 20.1 Å². The molecule has 0 unspecified atom stereocenters. The van der Waals surface area contributed by atoms with Gasteiger partial charge in [-0.25, -0.2) is 0 Å². The van der Waals surface area contributed by atoms with Crippen LogP contribution in [-0.4, -0.2) is 48.5 Å². The lowest BCUT2D eigenvalue weighted by Gasteiger charge is -2.23. The fourth-order valence-electron chi connectivity index (χ4n) is 8.73.